The highest BCUT2D eigenvalue weighted by Gasteiger charge is 2.34. The number of nitrogens with one attached hydrogen (secondary N) is 1. The zero-order chi connectivity index (χ0) is 21.5. The number of amides is 1. The second kappa shape index (κ2) is 7.77. The van der Waals surface area contributed by atoms with Gasteiger partial charge in [-0.05, 0) is 66.8 Å². The van der Waals surface area contributed by atoms with Gasteiger partial charge in [0.25, 0.3) is 5.91 Å². The lowest BCUT2D eigenvalue weighted by Gasteiger charge is -2.45. The summed E-state index contributed by atoms with van der Waals surface area (Å²) in [5, 5.41) is 6.90. The van der Waals surface area contributed by atoms with Crippen LogP contribution in [0.15, 0.2) is 59.7 Å². The van der Waals surface area contributed by atoms with Crippen LogP contribution in [0, 0.1) is 0 Å². The first kappa shape index (κ1) is 20.4. The highest BCUT2D eigenvalue weighted by atomic mass is 35.5. The summed E-state index contributed by atoms with van der Waals surface area (Å²) in [5.74, 6) is 0.170. The number of rotatable bonds is 3. The third-order valence-electron chi connectivity index (χ3n) is 6.13. The lowest BCUT2D eigenvalue weighted by atomic mass is 9.80. The fourth-order valence-corrected chi connectivity index (χ4v) is 4.47. The normalized spacial score (nSPS) is 17.9. The number of carbonyl (C=O) groups is 1. The lowest BCUT2D eigenvalue weighted by molar-refractivity contribution is 0.0955. The van der Waals surface area contributed by atoms with E-state index in [0.29, 0.717) is 16.5 Å². The zero-order valence-corrected chi connectivity index (χ0v) is 18.5. The predicted molar refractivity (Wildman–Crippen MR) is 126 cm³/mol. The molecular weight excluding hydrogens is 394 g/mol. The molecule has 0 radical (unpaired) electrons. The molecule has 1 atom stereocenters. The number of hydrogen-bond donors (Lipinski definition) is 1. The molecule has 154 valence electrons. The molecule has 1 amide bonds. The maximum absolute atomic E-state index is 12.5. The number of hydrazone groups is 1. The Hall–Kier alpha value is -2.85. The molecule has 0 saturated heterocycles. The molecule has 1 aliphatic heterocycles. The number of nitrogens with zero attached hydrogens (tertiary/aromatic N) is 2. The van der Waals surface area contributed by atoms with Gasteiger partial charge in [0.05, 0.1) is 11.2 Å². The molecule has 0 saturated carbocycles. The molecule has 1 heterocycles. The molecule has 0 aliphatic carbocycles. The Morgan fingerprint density at radius 1 is 1.17 bits per heavy atom. The van der Waals surface area contributed by atoms with Gasteiger partial charge in [-0.1, -0.05) is 48.9 Å². The fourth-order valence-electron chi connectivity index (χ4n) is 4.26. The Kier molecular flexibility index (Phi) is 5.29. The molecule has 4 nitrogen and oxygen atoms in total. The van der Waals surface area contributed by atoms with Crippen LogP contribution in [-0.2, 0) is 0 Å². The van der Waals surface area contributed by atoms with Gasteiger partial charge in [-0.25, -0.2) is 5.43 Å². The van der Waals surface area contributed by atoms with E-state index in [0.717, 1.165) is 28.4 Å². The highest BCUT2D eigenvalue weighted by Crippen LogP contribution is 2.44. The van der Waals surface area contributed by atoms with Crippen LogP contribution in [0.5, 0.6) is 0 Å². The molecule has 3 aromatic carbocycles. The van der Waals surface area contributed by atoms with Crippen molar-refractivity contribution < 1.29 is 4.79 Å². The molecular formula is C25H26ClN3O. The van der Waals surface area contributed by atoms with Crippen molar-refractivity contribution in [1.29, 1.82) is 0 Å². The van der Waals surface area contributed by atoms with Gasteiger partial charge in [-0.2, -0.15) is 5.10 Å². The van der Waals surface area contributed by atoms with Crippen molar-refractivity contribution in [3.8, 4) is 0 Å². The minimum atomic E-state index is -0.249. The summed E-state index contributed by atoms with van der Waals surface area (Å²) in [5.41, 5.74) is 6.47. The van der Waals surface area contributed by atoms with Crippen LogP contribution in [0.3, 0.4) is 0 Å². The number of halogens is 1. The Bertz CT molecular complexity index is 1150. The summed E-state index contributed by atoms with van der Waals surface area (Å²) in [4.78, 5) is 14.8. The van der Waals surface area contributed by atoms with Gasteiger partial charge in [0.2, 0.25) is 0 Å². The zero-order valence-electron chi connectivity index (χ0n) is 17.7. The van der Waals surface area contributed by atoms with Crippen molar-refractivity contribution in [2.24, 2.45) is 5.10 Å². The topological polar surface area (TPSA) is 44.7 Å². The molecule has 0 bridgehead atoms. The molecule has 0 fully saturated rings. The molecule has 1 aliphatic rings. The van der Waals surface area contributed by atoms with E-state index in [1.165, 1.54) is 5.56 Å². The minimum absolute atomic E-state index is 0.0825. The van der Waals surface area contributed by atoms with Gasteiger partial charge in [0.1, 0.15) is 0 Å². The van der Waals surface area contributed by atoms with Gasteiger partial charge in [-0.3, -0.25) is 4.79 Å². The maximum Gasteiger partial charge on any atom is 0.271 e. The number of benzene rings is 3. The lowest BCUT2D eigenvalue weighted by Crippen LogP contribution is -2.45. The molecule has 5 heteroatoms. The largest absolute Gasteiger partial charge is 0.369 e. The summed E-state index contributed by atoms with van der Waals surface area (Å²) in [6.07, 6.45) is 2.68. The van der Waals surface area contributed by atoms with E-state index in [2.05, 4.69) is 49.3 Å². The SMILES string of the molecule is C[C@@H]1CC(C)(C)N(C)c2cc(Cl)c(/C=N\NC(=O)c3ccc4ccccc4c3)cc21. The summed E-state index contributed by atoms with van der Waals surface area (Å²) in [7, 11) is 2.11. The maximum atomic E-state index is 12.5. The third kappa shape index (κ3) is 3.80. The van der Waals surface area contributed by atoms with Gasteiger partial charge in [-0.15, -0.1) is 0 Å². The molecule has 1 N–H and O–H groups in total. The van der Waals surface area contributed by atoms with Crippen LogP contribution in [-0.4, -0.2) is 24.7 Å². The molecule has 30 heavy (non-hydrogen) atoms. The second-order valence-electron chi connectivity index (χ2n) is 8.67. The monoisotopic (exact) mass is 419 g/mol. The molecule has 0 unspecified atom stereocenters. The number of hydrogen-bond acceptors (Lipinski definition) is 3. The van der Waals surface area contributed by atoms with Crippen LogP contribution >= 0.6 is 11.6 Å². The van der Waals surface area contributed by atoms with Gasteiger partial charge >= 0.3 is 0 Å². The summed E-state index contributed by atoms with van der Waals surface area (Å²) >= 11 is 6.53. The van der Waals surface area contributed by atoms with Crippen LogP contribution < -0.4 is 10.3 Å². The van der Waals surface area contributed by atoms with E-state index in [9.17, 15) is 4.79 Å². The Morgan fingerprint density at radius 3 is 2.67 bits per heavy atom. The smallest absolute Gasteiger partial charge is 0.271 e. The first-order valence-electron chi connectivity index (χ1n) is 10.2. The van der Waals surface area contributed by atoms with Crippen molar-refractivity contribution in [1.82, 2.24) is 5.43 Å². The van der Waals surface area contributed by atoms with E-state index >= 15 is 0 Å². The highest BCUT2D eigenvalue weighted by molar-refractivity contribution is 6.33. The first-order chi connectivity index (χ1) is 14.3. The molecule has 3 aromatic rings. The quantitative estimate of drug-likeness (QED) is 0.419. The van der Waals surface area contributed by atoms with Crippen molar-refractivity contribution in [2.75, 3.05) is 11.9 Å². The Balaban J connectivity index is 1.54. The van der Waals surface area contributed by atoms with Crippen LogP contribution in [0.2, 0.25) is 5.02 Å². The number of anilines is 1. The Morgan fingerprint density at radius 2 is 1.90 bits per heavy atom. The van der Waals surface area contributed by atoms with Crippen LogP contribution in [0.25, 0.3) is 10.8 Å². The molecule has 0 spiro atoms. The van der Waals surface area contributed by atoms with E-state index in [4.69, 9.17) is 11.6 Å². The van der Waals surface area contributed by atoms with E-state index < -0.39 is 0 Å². The standard InChI is InChI=1S/C25H26ClN3O/c1-16-14-25(2,3)29(4)23-13-22(26)20(12-21(16)23)15-27-28-24(30)19-10-9-17-7-5-6-8-18(17)11-19/h5-13,15-16H,14H2,1-4H3,(H,28,30)/b27-15-/t16-/m1/s1. The van der Waals surface area contributed by atoms with Gasteiger partial charge < -0.3 is 4.90 Å². The summed E-state index contributed by atoms with van der Waals surface area (Å²) in [6.45, 7) is 6.74. The van der Waals surface area contributed by atoms with E-state index in [1.54, 1.807) is 12.3 Å². The number of carbonyl (C=O) groups excluding carboxylic acids is 1. The molecule has 4 rings (SSSR count). The number of fused-ring (bicyclic) bond motifs is 2. The Labute approximate surface area is 182 Å². The van der Waals surface area contributed by atoms with Crippen molar-refractivity contribution in [3.63, 3.8) is 0 Å². The van der Waals surface area contributed by atoms with Gasteiger partial charge in [0.15, 0.2) is 0 Å². The van der Waals surface area contributed by atoms with Crippen molar-refractivity contribution in [3.05, 3.63) is 76.3 Å². The van der Waals surface area contributed by atoms with E-state index in [1.807, 2.05) is 42.5 Å². The predicted octanol–water partition coefficient (Wildman–Crippen LogP) is 5.98. The summed E-state index contributed by atoms with van der Waals surface area (Å²) < 4.78 is 0. The van der Waals surface area contributed by atoms with Gasteiger partial charge in [0, 0.05) is 29.4 Å². The summed E-state index contributed by atoms with van der Waals surface area (Å²) in [6, 6.07) is 17.6. The van der Waals surface area contributed by atoms with Crippen molar-refractivity contribution in [2.45, 2.75) is 38.6 Å². The third-order valence-corrected chi connectivity index (χ3v) is 6.46. The van der Waals surface area contributed by atoms with Crippen LogP contribution in [0.4, 0.5) is 5.69 Å². The second-order valence-corrected chi connectivity index (χ2v) is 9.08. The molecule has 0 aromatic heterocycles. The minimum Gasteiger partial charge on any atom is -0.369 e. The van der Waals surface area contributed by atoms with Crippen LogP contribution in [0.1, 0.15) is 54.6 Å². The van der Waals surface area contributed by atoms with E-state index in [-0.39, 0.29) is 11.4 Å². The average Bonchev–Trinajstić information content (AvgIpc) is 2.72. The first-order valence-corrected chi connectivity index (χ1v) is 10.5. The van der Waals surface area contributed by atoms with Crippen molar-refractivity contribution >= 4 is 40.2 Å². The fraction of sp³-hybridized carbons (Fsp3) is 0.280. The average molecular weight is 420 g/mol.